The van der Waals surface area contributed by atoms with Crippen molar-refractivity contribution in [1.82, 2.24) is 14.4 Å². The van der Waals surface area contributed by atoms with Crippen molar-refractivity contribution < 1.29 is 14.6 Å². The Morgan fingerprint density at radius 2 is 2.42 bits per heavy atom. The lowest BCUT2D eigenvalue weighted by atomic mass is 10.4. The van der Waals surface area contributed by atoms with E-state index >= 15 is 0 Å². The molecule has 3 aromatic rings. The Labute approximate surface area is 111 Å². The van der Waals surface area contributed by atoms with Gasteiger partial charge in [-0.25, -0.2) is 14.8 Å². The predicted molar refractivity (Wildman–Crippen MR) is 68.6 cm³/mol. The fraction of sp³-hybridized carbons (Fsp3) is 0.0833. The summed E-state index contributed by atoms with van der Waals surface area (Å²) >= 11 is 1.14. The van der Waals surface area contributed by atoms with Crippen molar-refractivity contribution >= 4 is 23.1 Å². The highest BCUT2D eigenvalue weighted by Crippen LogP contribution is 2.22. The van der Waals surface area contributed by atoms with Gasteiger partial charge in [0.2, 0.25) is 5.78 Å². The van der Waals surface area contributed by atoms with E-state index in [0.29, 0.717) is 11.5 Å². The Balaban J connectivity index is 1.72. The average Bonchev–Trinajstić information content (AvgIpc) is 3.02. The number of thiophene rings is 1. The topological polar surface area (TPSA) is 76.7 Å². The van der Waals surface area contributed by atoms with Crippen LogP contribution in [0.2, 0.25) is 0 Å². The van der Waals surface area contributed by atoms with Crippen LogP contribution in [-0.2, 0) is 6.61 Å². The Kier molecular flexibility index (Phi) is 2.88. The zero-order chi connectivity index (χ0) is 13.2. The molecule has 0 amide bonds. The van der Waals surface area contributed by atoms with Crippen LogP contribution in [-0.4, -0.2) is 25.4 Å². The molecule has 0 unspecified atom stereocenters. The largest absolute Gasteiger partial charge is 0.486 e. The van der Waals surface area contributed by atoms with Gasteiger partial charge in [-0.3, -0.25) is 4.40 Å². The average molecular weight is 275 g/mol. The molecule has 96 valence electrons. The minimum Gasteiger partial charge on any atom is -0.486 e. The molecular weight excluding hydrogens is 266 g/mol. The first kappa shape index (κ1) is 11.7. The molecule has 0 bridgehead atoms. The molecular formula is C12H9N3O3S. The number of carbonyl (C=O) groups is 1. The second-order valence-electron chi connectivity index (χ2n) is 3.80. The van der Waals surface area contributed by atoms with Gasteiger partial charge in [0.05, 0.1) is 5.69 Å². The van der Waals surface area contributed by atoms with Crippen LogP contribution < -0.4 is 4.74 Å². The summed E-state index contributed by atoms with van der Waals surface area (Å²) in [7, 11) is 0. The molecule has 0 aliphatic carbocycles. The molecule has 19 heavy (non-hydrogen) atoms. The number of nitrogens with zero attached hydrogens (tertiary/aromatic N) is 3. The first-order valence-corrected chi connectivity index (χ1v) is 6.33. The lowest BCUT2D eigenvalue weighted by Crippen LogP contribution is -1.95. The summed E-state index contributed by atoms with van der Waals surface area (Å²) < 4.78 is 7.30. The van der Waals surface area contributed by atoms with Crippen molar-refractivity contribution in [3.8, 4) is 5.75 Å². The third-order valence-corrected chi connectivity index (χ3v) is 3.35. The SMILES string of the molecule is O=C(O)c1cc(OCc2cn3cccnc3n2)cs1. The van der Waals surface area contributed by atoms with E-state index in [1.807, 2.05) is 18.5 Å². The van der Waals surface area contributed by atoms with Crippen molar-refractivity contribution in [2.45, 2.75) is 6.61 Å². The van der Waals surface area contributed by atoms with Crippen molar-refractivity contribution in [3.05, 3.63) is 46.7 Å². The molecule has 0 aliphatic rings. The Bertz CT molecular complexity index is 701. The number of fused-ring (bicyclic) bond motifs is 1. The van der Waals surface area contributed by atoms with Crippen LogP contribution >= 0.6 is 11.3 Å². The van der Waals surface area contributed by atoms with Crippen LogP contribution in [0.4, 0.5) is 0 Å². The summed E-state index contributed by atoms with van der Waals surface area (Å²) in [4.78, 5) is 19.4. The van der Waals surface area contributed by atoms with Crippen LogP contribution in [0.25, 0.3) is 5.78 Å². The van der Waals surface area contributed by atoms with Crippen molar-refractivity contribution in [2.24, 2.45) is 0 Å². The van der Waals surface area contributed by atoms with Gasteiger partial charge in [-0.15, -0.1) is 11.3 Å². The van der Waals surface area contributed by atoms with Gasteiger partial charge in [-0.2, -0.15) is 0 Å². The van der Waals surface area contributed by atoms with Crippen molar-refractivity contribution in [1.29, 1.82) is 0 Å². The zero-order valence-corrected chi connectivity index (χ0v) is 10.5. The molecule has 0 saturated carbocycles. The molecule has 7 heteroatoms. The Morgan fingerprint density at radius 3 is 3.16 bits per heavy atom. The fourth-order valence-corrected chi connectivity index (χ4v) is 2.28. The van der Waals surface area contributed by atoms with Crippen LogP contribution in [0.5, 0.6) is 5.75 Å². The first-order valence-electron chi connectivity index (χ1n) is 5.45. The minimum atomic E-state index is -0.947. The molecule has 0 fully saturated rings. The van der Waals surface area contributed by atoms with Crippen LogP contribution in [0.3, 0.4) is 0 Å². The van der Waals surface area contributed by atoms with Gasteiger partial charge in [0, 0.05) is 30.0 Å². The van der Waals surface area contributed by atoms with E-state index in [1.54, 1.807) is 16.0 Å². The molecule has 1 N–H and O–H groups in total. The molecule has 3 rings (SSSR count). The normalized spacial score (nSPS) is 10.7. The first-order chi connectivity index (χ1) is 9.22. The van der Waals surface area contributed by atoms with Gasteiger partial charge < -0.3 is 9.84 Å². The van der Waals surface area contributed by atoms with Crippen LogP contribution in [0.1, 0.15) is 15.4 Å². The molecule has 0 aliphatic heterocycles. The number of ether oxygens (including phenoxy) is 1. The summed E-state index contributed by atoms with van der Waals surface area (Å²) in [5.41, 5.74) is 0.738. The minimum absolute atomic E-state index is 0.256. The highest BCUT2D eigenvalue weighted by atomic mass is 32.1. The number of carboxylic acids is 1. The number of rotatable bonds is 4. The smallest absolute Gasteiger partial charge is 0.346 e. The summed E-state index contributed by atoms with van der Waals surface area (Å²) in [5.74, 6) is 0.196. The van der Waals surface area contributed by atoms with Crippen molar-refractivity contribution in [2.75, 3.05) is 0 Å². The van der Waals surface area contributed by atoms with E-state index in [-0.39, 0.29) is 11.5 Å². The van der Waals surface area contributed by atoms with Gasteiger partial charge >= 0.3 is 5.97 Å². The highest BCUT2D eigenvalue weighted by Gasteiger charge is 2.08. The number of aromatic carboxylic acids is 1. The standard InChI is InChI=1S/C12H9N3O3S/c16-11(17)10-4-9(7-19-10)18-6-8-5-15-3-1-2-13-12(15)14-8/h1-5,7H,6H2,(H,16,17). The quantitative estimate of drug-likeness (QED) is 0.788. The number of aromatic nitrogens is 3. The summed E-state index contributed by atoms with van der Waals surface area (Å²) in [5, 5.41) is 10.5. The molecule has 0 spiro atoms. The monoisotopic (exact) mass is 275 g/mol. The van der Waals surface area contributed by atoms with E-state index < -0.39 is 5.97 Å². The molecule has 0 radical (unpaired) electrons. The molecule has 0 aromatic carbocycles. The molecule has 0 saturated heterocycles. The lowest BCUT2D eigenvalue weighted by Gasteiger charge is -1.99. The third kappa shape index (κ3) is 2.41. The Hall–Kier alpha value is -2.41. The Morgan fingerprint density at radius 1 is 1.53 bits per heavy atom. The van der Waals surface area contributed by atoms with Gasteiger partial charge in [-0.05, 0) is 6.07 Å². The van der Waals surface area contributed by atoms with Gasteiger partial charge in [-0.1, -0.05) is 0 Å². The second-order valence-corrected chi connectivity index (χ2v) is 4.71. The highest BCUT2D eigenvalue weighted by molar-refractivity contribution is 7.12. The summed E-state index contributed by atoms with van der Waals surface area (Å²) in [6, 6.07) is 3.32. The van der Waals surface area contributed by atoms with Crippen LogP contribution in [0, 0.1) is 0 Å². The number of carboxylic acid groups (broad SMARTS) is 1. The van der Waals surface area contributed by atoms with E-state index in [9.17, 15) is 4.79 Å². The number of hydrogen-bond acceptors (Lipinski definition) is 5. The van der Waals surface area contributed by atoms with E-state index in [0.717, 1.165) is 17.0 Å². The molecule has 3 aromatic heterocycles. The zero-order valence-electron chi connectivity index (χ0n) is 9.68. The maximum Gasteiger partial charge on any atom is 0.346 e. The van der Waals surface area contributed by atoms with Gasteiger partial charge in [0.15, 0.2) is 0 Å². The van der Waals surface area contributed by atoms with E-state index in [1.165, 1.54) is 6.07 Å². The van der Waals surface area contributed by atoms with Gasteiger partial charge in [0.25, 0.3) is 0 Å². The third-order valence-electron chi connectivity index (χ3n) is 2.46. The lowest BCUT2D eigenvalue weighted by molar-refractivity contribution is 0.0702. The number of hydrogen-bond donors (Lipinski definition) is 1. The summed E-state index contributed by atoms with van der Waals surface area (Å²) in [6.07, 6.45) is 5.35. The molecule has 0 atom stereocenters. The van der Waals surface area contributed by atoms with Gasteiger partial charge in [0.1, 0.15) is 17.2 Å². The molecule has 3 heterocycles. The second kappa shape index (κ2) is 4.69. The fourth-order valence-electron chi connectivity index (χ4n) is 1.61. The maximum absolute atomic E-state index is 10.7. The number of imidazole rings is 1. The van der Waals surface area contributed by atoms with Crippen molar-refractivity contribution in [3.63, 3.8) is 0 Å². The molecule has 6 nitrogen and oxygen atoms in total. The van der Waals surface area contributed by atoms with E-state index in [2.05, 4.69) is 9.97 Å². The van der Waals surface area contributed by atoms with Crippen LogP contribution in [0.15, 0.2) is 36.1 Å². The van der Waals surface area contributed by atoms with E-state index in [4.69, 9.17) is 9.84 Å². The summed E-state index contributed by atoms with van der Waals surface area (Å²) in [6.45, 7) is 0.277. The maximum atomic E-state index is 10.7. The predicted octanol–water partition coefficient (Wildman–Crippen LogP) is 2.07.